The van der Waals surface area contributed by atoms with E-state index in [1.807, 2.05) is 0 Å². The molecule has 0 spiro atoms. The van der Waals surface area contributed by atoms with Gasteiger partial charge in [-0.25, -0.2) is 9.18 Å². The van der Waals surface area contributed by atoms with Gasteiger partial charge in [-0.15, -0.1) is 10.2 Å². The summed E-state index contributed by atoms with van der Waals surface area (Å²) in [6.45, 7) is 1.62. The molecule has 0 amide bonds. The number of nitrogens with zero attached hydrogens (tertiary/aromatic N) is 3. The van der Waals surface area contributed by atoms with Crippen LogP contribution in [0.5, 0.6) is 0 Å². The van der Waals surface area contributed by atoms with Gasteiger partial charge >= 0.3 is 5.97 Å². The Morgan fingerprint density at radius 2 is 1.68 bits per heavy atom. The number of benzene rings is 3. The molecule has 0 aliphatic rings. The van der Waals surface area contributed by atoms with Crippen LogP contribution in [0.15, 0.2) is 77.2 Å². The molecule has 3 aromatic carbocycles. The molecule has 0 saturated carbocycles. The highest BCUT2D eigenvalue weighted by molar-refractivity contribution is 5.98. The number of hydrogen-bond donors (Lipinski definition) is 0. The zero-order chi connectivity index (χ0) is 21.8. The van der Waals surface area contributed by atoms with E-state index in [9.17, 15) is 14.4 Å². The van der Waals surface area contributed by atoms with Crippen LogP contribution in [0, 0.1) is 17.1 Å². The monoisotopic (exact) mass is 413 g/mol. The summed E-state index contributed by atoms with van der Waals surface area (Å²) in [4.78, 5) is 12.9. The van der Waals surface area contributed by atoms with E-state index in [-0.39, 0.29) is 17.6 Å². The van der Waals surface area contributed by atoms with E-state index in [0.717, 1.165) is 0 Å². The predicted octanol–water partition coefficient (Wildman–Crippen LogP) is 5.33. The van der Waals surface area contributed by atoms with E-state index >= 15 is 0 Å². The summed E-state index contributed by atoms with van der Waals surface area (Å²) in [5.41, 5.74) is 2.56. The van der Waals surface area contributed by atoms with Gasteiger partial charge in [0.05, 0.1) is 17.2 Å². The average Bonchev–Trinajstić information content (AvgIpc) is 3.30. The minimum absolute atomic E-state index is 0.114. The van der Waals surface area contributed by atoms with E-state index in [1.54, 1.807) is 55.5 Å². The van der Waals surface area contributed by atoms with E-state index in [1.165, 1.54) is 24.3 Å². The molecule has 152 valence electrons. The van der Waals surface area contributed by atoms with Gasteiger partial charge in [0, 0.05) is 11.1 Å². The Morgan fingerprint density at radius 1 is 1.00 bits per heavy atom. The van der Waals surface area contributed by atoms with Crippen LogP contribution in [0.25, 0.3) is 22.6 Å². The zero-order valence-corrected chi connectivity index (χ0v) is 16.4. The topological polar surface area (TPSA) is 89.0 Å². The molecule has 0 aliphatic carbocycles. The Labute approximate surface area is 177 Å². The number of ether oxygens (including phenoxy) is 1. The Kier molecular flexibility index (Phi) is 5.54. The molecule has 1 atom stereocenters. The molecule has 7 heteroatoms. The van der Waals surface area contributed by atoms with Crippen molar-refractivity contribution in [2.24, 2.45) is 0 Å². The molecule has 0 N–H and O–H groups in total. The van der Waals surface area contributed by atoms with Crippen LogP contribution in [-0.2, 0) is 4.74 Å². The third-order valence-corrected chi connectivity index (χ3v) is 4.65. The number of esters is 1. The second kappa shape index (κ2) is 8.59. The maximum Gasteiger partial charge on any atom is 0.339 e. The first-order chi connectivity index (χ1) is 15.1. The van der Waals surface area contributed by atoms with Crippen molar-refractivity contribution in [2.75, 3.05) is 0 Å². The molecular weight excluding hydrogens is 397 g/mol. The number of rotatable bonds is 5. The highest BCUT2D eigenvalue weighted by Crippen LogP contribution is 2.29. The number of carbonyl (C=O) groups excluding carboxylic acids is 1. The molecule has 4 aromatic rings. The van der Waals surface area contributed by atoms with Gasteiger partial charge in [-0.1, -0.05) is 36.4 Å². The standard InChI is InChI=1S/C24H16FN3O3/c1-15(22-27-28-23(31-22)16-10-12-18(25)13-11-16)30-24(29)21-9-5-4-8-20(21)19-7-3-2-6-17(19)14-26/h2-13,15H,1H3/t15-/m0/s1. The van der Waals surface area contributed by atoms with Gasteiger partial charge in [-0.05, 0) is 48.9 Å². The van der Waals surface area contributed by atoms with Crippen LogP contribution >= 0.6 is 0 Å². The number of hydrogen-bond acceptors (Lipinski definition) is 6. The maximum atomic E-state index is 13.1. The van der Waals surface area contributed by atoms with Gasteiger partial charge in [0.15, 0.2) is 6.10 Å². The largest absolute Gasteiger partial charge is 0.449 e. The minimum atomic E-state index is -0.812. The van der Waals surface area contributed by atoms with Crippen LogP contribution in [0.3, 0.4) is 0 Å². The molecule has 0 fully saturated rings. The fourth-order valence-electron chi connectivity index (χ4n) is 3.09. The van der Waals surface area contributed by atoms with Crippen molar-refractivity contribution < 1.29 is 18.3 Å². The lowest BCUT2D eigenvalue weighted by Gasteiger charge is -2.13. The third-order valence-electron chi connectivity index (χ3n) is 4.65. The van der Waals surface area contributed by atoms with Gasteiger partial charge in [-0.2, -0.15) is 5.26 Å². The summed E-state index contributed by atoms with van der Waals surface area (Å²) in [5, 5.41) is 17.3. The lowest BCUT2D eigenvalue weighted by Crippen LogP contribution is -2.11. The van der Waals surface area contributed by atoms with Gasteiger partial charge in [0.1, 0.15) is 5.82 Å². The minimum Gasteiger partial charge on any atom is -0.449 e. The summed E-state index contributed by atoms with van der Waals surface area (Å²) in [6.07, 6.45) is -0.812. The SMILES string of the molecule is C[C@H](OC(=O)c1ccccc1-c1ccccc1C#N)c1nnc(-c2ccc(F)cc2)o1. The number of nitriles is 1. The second-order valence-electron chi connectivity index (χ2n) is 6.70. The first-order valence-electron chi connectivity index (χ1n) is 9.45. The smallest absolute Gasteiger partial charge is 0.339 e. The predicted molar refractivity (Wildman–Crippen MR) is 110 cm³/mol. The van der Waals surface area contributed by atoms with Gasteiger partial charge in [0.2, 0.25) is 5.89 Å². The first-order valence-corrected chi connectivity index (χ1v) is 9.45. The Bertz CT molecular complexity index is 1280. The van der Waals surface area contributed by atoms with E-state index in [4.69, 9.17) is 9.15 Å². The molecule has 6 nitrogen and oxygen atoms in total. The number of aromatic nitrogens is 2. The van der Waals surface area contributed by atoms with Crippen molar-refractivity contribution >= 4 is 5.97 Å². The highest BCUT2D eigenvalue weighted by atomic mass is 19.1. The van der Waals surface area contributed by atoms with Crippen molar-refractivity contribution in [1.82, 2.24) is 10.2 Å². The molecule has 0 radical (unpaired) electrons. The summed E-state index contributed by atoms with van der Waals surface area (Å²) in [5.74, 6) is -0.649. The molecule has 4 rings (SSSR count). The summed E-state index contributed by atoms with van der Waals surface area (Å²) < 4.78 is 24.2. The van der Waals surface area contributed by atoms with Gasteiger partial charge in [0.25, 0.3) is 5.89 Å². The van der Waals surface area contributed by atoms with Crippen molar-refractivity contribution in [3.63, 3.8) is 0 Å². The summed E-state index contributed by atoms with van der Waals surface area (Å²) in [6, 6.07) is 21.7. The third kappa shape index (κ3) is 4.19. The van der Waals surface area contributed by atoms with E-state index in [2.05, 4.69) is 16.3 Å². The van der Waals surface area contributed by atoms with Crippen molar-refractivity contribution in [3.05, 3.63) is 95.6 Å². The molecule has 0 bridgehead atoms. The van der Waals surface area contributed by atoms with E-state index in [0.29, 0.717) is 27.8 Å². The highest BCUT2D eigenvalue weighted by Gasteiger charge is 2.22. The van der Waals surface area contributed by atoms with Gasteiger partial charge < -0.3 is 9.15 Å². The quantitative estimate of drug-likeness (QED) is 0.411. The van der Waals surface area contributed by atoms with Crippen LogP contribution in [0.4, 0.5) is 4.39 Å². The maximum absolute atomic E-state index is 13.1. The fraction of sp³-hybridized carbons (Fsp3) is 0.0833. The normalized spacial score (nSPS) is 11.5. The first kappa shape index (κ1) is 20.0. The molecule has 0 aliphatic heterocycles. The number of halogens is 1. The Balaban J connectivity index is 1.57. The zero-order valence-electron chi connectivity index (χ0n) is 16.4. The average molecular weight is 413 g/mol. The molecule has 1 aromatic heterocycles. The second-order valence-corrected chi connectivity index (χ2v) is 6.70. The van der Waals surface area contributed by atoms with Crippen molar-refractivity contribution in [1.29, 1.82) is 5.26 Å². The summed E-state index contributed by atoms with van der Waals surface area (Å²) >= 11 is 0. The van der Waals surface area contributed by atoms with Crippen molar-refractivity contribution in [2.45, 2.75) is 13.0 Å². The van der Waals surface area contributed by atoms with Crippen LogP contribution in [-0.4, -0.2) is 16.2 Å². The lowest BCUT2D eigenvalue weighted by atomic mass is 9.96. The van der Waals surface area contributed by atoms with E-state index < -0.39 is 12.1 Å². The molecule has 31 heavy (non-hydrogen) atoms. The molecular formula is C24H16FN3O3. The fourth-order valence-corrected chi connectivity index (χ4v) is 3.09. The lowest BCUT2D eigenvalue weighted by molar-refractivity contribution is 0.0281. The Hall–Kier alpha value is -4.31. The van der Waals surface area contributed by atoms with Gasteiger partial charge in [-0.3, -0.25) is 0 Å². The molecule has 0 unspecified atom stereocenters. The van der Waals surface area contributed by atoms with Crippen LogP contribution < -0.4 is 0 Å². The van der Waals surface area contributed by atoms with Crippen LogP contribution in [0.1, 0.15) is 34.8 Å². The number of carbonyl (C=O) groups is 1. The Morgan fingerprint density at radius 3 is 2.42 bits per heavy atom. The van der Waals surface area contributed by atoms with Crippen LogP contribution in [0.2, 0.25) is 0 Å². The molecule has 0 saturated heterocycles. The van der Waals surface area contributed by atoms with Crippen molar-refractivity contribution in [3.8, 4) is 28.7 Å². The molecule has 1 heterocycles. The summed E-state index contributed by atoms with van der Waals surface area (Å²) in [7, 11) is 0.